The molecule has 1 fully saturated rings. The first kappa shape index (κ1) is 10.2. The van der Waals surface area contributed by atoms with Gasteiger partial charge in [-0.15, -0.1) is 0 Å². The number of rotatable bonds is 5. The van der Waals surface area contributed by atoms with Gasteiger partial charge in [-0.25, -0.2) is 4.79 Å². The first-order valence-electron chi connectivity index (χ1n) is 5.11. The Hall–Kier alpha value is -1.29. The summed E-state index contributed by atoms with van der Waals surface area (Å²) in [4.78, 5) is 10.6. The van der Waals surface area contributed by atoms with Gasteiger partial charge in [-0.05, 0) is 37.8 Å². The second-order valence-corrected chi connectivity index (χ2v) is 3.93. The zero-order valence-electron chi connectivity index (χ0n) is 8.60. The van der Waals surface area contributed by atoms with E-state index in [1.54, 1.807) is 6.07 Å². The topological polar surface area (TPSA) is 59.7 Å². The van der Waals surface area contributed by atoms with Gasteiger partial charge in [-0.1, -0.05) is 0 Å². The van der Waals surface area contributed by atoms with E-state index in [2.05, 4.69) is 0 Å². The van der Waals surface area contributed by atoms with E-state index >= 15 is 0 Å². The average Bonchev–Trinajstić information content (AvgIpc) is 2.88. The number of carboxylic acids is 1. The van der Waals surface area contributed by atoms with Crippen LogP contribution in [0.25, 0.3) is 0 Å². The maximum Gasteiger partial charge on any atom is 0.371 e. The Morgan fingerprint density at radius 1 is 1.67 bits per heavy atom. The lowest BCUT2D eigenvalue weighted by atomic mass is 10.3. The van der Waals surface area contributed by atoms with Crippen LogP contribution in [-0.2, 0) is 4.74 Å². The van der Waals surface area contributed by atoms with E-state index in [9.17, 15) is 4.79 Å². The standard InChI is InChI=1S/C11H14O4/c1-7(14-6-8-2-3-8)9-4-5-10(15-9)11(12)13/h4-5,7-8H,2-3,6H2,1H3,(H,12,13). The van der Waals surface area contributed by atoms with Crippen molar-refractivity contribution in [2.75, 3.05) is 6.61 Å². The third kappa shape index (κ3) is 2.59. The smallest absolute Gasteiger partial charge is 0.371 e. The number of carboxylic acid groups (broad SMARTS) is 1. The van der Waals surface area contributed by atoms with Crippen LogP contribution < -0.4 is 0 Å². The normalized spacial score (nSPS) is 17.7. The molecule has 1 aromatic heterocycles. The highest BCUT2D eigenvalue weighted by molar-refractivity contribution is 5.84. The molecule has 4 heteroatoms. The number of aromatic carboxylic acids is 1. The van der Waals surface area contributed by atoms with Gasteiger partial charge in [0.05, 0.1) is 6.61 Å². The van der Waals surface area contributed by atoms with Gasteiger partial charge in [0.25, 0.3) is 0 Å². The average molecular weight is 210 g/mol. The lowest BCUT2D eigenvalue weighted by Crippen LogP contribution is -2.02. The van der Waals surface area contributed by atoms with Crippen LogP contribution in [0.1, 0.15) is 42.2 Å². The molecule has 4 nitrogen and oxygen atoms in total. The highest BCUT2D eigenvalue weighted by Crippen LogP contribution is 2.31. The summed E-state index contributed by atoms with van der Waals surface area (Å²) in [5.41, 5.74) is 0. The zero-order valence-corrected chi connectivity index (χ0v) is 8.60. The maximum atomic E-state index is 10.6. The number of hydrogen-bond donors (Lipinski definition) is 1. The third-order valence-electron chi connectivity index (χ3n) is 2.52. The lowest BCUT2D eigenvalue weighted by Gasteiger charge is -2.09. The zero-order chi connectivity index (χ0) is 10.8. The molecule has 0 aromatic carbocycles. The van der Waals surface area contributed by atoms with Crippen LogP contribution in [0.15, 0.2) is 16.5 Å². The van der Waals surface area contributed by atoms with E-state index < -0.39 is 5.97 Å². The predicted molar refractivity (Wildman–Crippen MR) is 52.8 cm³/mol. The second-order valence-electron chi connectivity index (χ2n) is 3.93. The lowest BCUT2D eigenvalue weighted by molar-refractivity contribution is 0.0410. The minimum Gasteiger partial charge on any atom is -0.475 e. The predicted octanol–water partition coefficient (Wildman–Crippen LogP) is 2.47. The minimum absolute atomic E-state index is 0.0353. The Morgan fingerprint density at radius 3 is 2.93 bits per heavy atom. The molecule has 1 N–H and O–H groups in total. The summed E-state index contributed by atoms with van der Waals surface area (Å²) in [6.07, 6.45) is 2.31. The summed E-state index contributed by atoms with van der Waals surface area (Å²) >= 11 is 0. The van der Waals surface area contributed by atoms with E-state index in [1.165, 1.54) is 18.9 Å². The summed E-state index contributed by atoms with van der Waals surface area (Å²) in [5.74, 6) is 0.192. The van der Waals surface area contributed by atoms with Crippen LogP contribution >= 0.6 is 0 Å². The summed E-state index contributed by atoms with van der Waals surface area (Å²) in [5, 5.41) is 8.67. The Kier molecular flexibility index (Phi) is 2.77. The fourth-order valence-electron chi connectivity index (χ4n) is 1.33. The van der Waals surface area contributed by atoms with Crippen molar-refractivity contribution in [3.05, 3.63) is 23.7 Å². The first-order valence-corrected chi connectivity index (χ1v) is 5.11. The fraction of sp³-hybridized carbons (Fsp3) is 0.545. The van der Waals surface area contributed by atoms with E-state index in [4.69, 9.17) is 14.3 Å². The molecule has 1 unspecified atom stereocenters. The molecule has 0 spiro atoms. The van der Waals surface area contributed by atoms with Gasteiger partial charge < -0.3 is 14.3 Å². The quantitative estimate of drug-likeness (QED) is 0.810. The molecule has 82 valence electrons. The molecule has 1 heterocycles. The highest BCUT2D eigenvalue weighted by Gasteiger charge is 2.23. The second kappa shape index (κ2) is 4.06. The van der Waals surface area contributed by atoms with Crippen molar-refractivity contribution in [1.29, 1.82) is 0 Å². The summed E-state index contributed by atoms with van der Waals surface area (Å²) < 4.78 is 10.7. The molecule has 1 aromatic rings. The van der Waals surface area contributed by atoms with Crippen LogP contribution in [0, 0.1) is 5.92 Å². The van der Waals surface area contributed by atoms with Crippen molar-refractivity contribution in [1.82, 2.24) is 0 Å². The van der Waals surface area contributed by atoms with Gasteiger partial charge >= 0.3 is 5.97 Å². The molecule has 0 bridgehead atoms. The number of furan rings is 1. The summed E-state index contributed by atoms with van der Waals surface area (Å²) in [6.45, 7) is 2.61. The molecule has 1 aliphatic carbocycles. The first-order chi connectivity index (χ1) is 7.16. The molecule has 2 rings (SSSR count). The molecule has 15 heavy (non-hydrogen) atoms. The van der Waals surface area contributed by atoms with E-state index in [-0.39, 0.29) is 11.9 Å². The largest absolute Gasteiger partial charge is 0.475 e. The van der Waals surface area contributed by atoms with Crippen molar-refractivity contribution >= 4 is 5.97 Å². The van der Waals surface area contributed by atoms with Crippen LogP contribution in [0.2, 0.25) is 0 Å². The molecule has 0 saturated heterocycles. The Labute approximate surface area is 87.8 Å². The molecule has 1 aliphatic rings. The van der Waals surface area contributed by atoms with Crippen molar-refractivity contribution in [2.24, 2.45) is 5.92 Å². The molecule has 1 atom stereocenters. The van der Waals surface area contributed by atoms with Gasteiger partial charge in [0.15, 0.2) is 0 Å². The monoisotopic (exact) mass is 210 g/mol. The fourth-order valence-corrected chi connectivity index (χ4v) is 1.33. The van der Waals surface area contributed by atoms with Crippen LogP contribution in [-0.4, -0.2) is 17.7 Å². The molecule has 0 amide bonds. The van der Waals surface area contributed by atoms with Crippen LogP contribution in [0.5, 0.6) is 0 Å². The number of ether oxygens (including phenoxy) is 1. The van der Waals surface area contributed by atoms with E-state index in [0.29, 0.717) is 11.7 Å². The van der Waals surface area contributed by atoms with Crippen LogP contribution in [0.4, 0.5) is 0 Å². The van der Waals surface area contributed by atoms with Gasteiger partial charge in [-0.3, -0.25) is 0 Å². The number of carbonyl (C=O) groups is 1. The van der Waals surface area contributed by atoms with Crippen molar-refractivity contribution in [2.45, 2.75) is 25.9 Å². The minimum atomic E-state index is -1.05. The summed E-state index contributed by atoms with van der Waals surface area (Å²) in [6, 6.07) is 3.11. The molecular weight excluding hydrogens is 196 g/mol. The summed E-state index contributed by atoms with van der Waals surface area (Å²) in [7, 11) is 0. The number of hydrogen-bond acceptors (Lipinski definition) is 3. The van der Waals surface area contributed by atoms with Crippen LogP contribution in [0.3, 0.4) is 0 Å². The van der Waals surface area contributed by atoms with Gasteiger partial charge in [-0.2, -0.15) is 0 Å². The van der Waals surface area contributed by atoms with Gasteiger partial charge in [0.1, 0.15) is 11.9 Å². The van der Waals surface area contributed by atoms with Crippen molar-refractivity contribution in [3.63, 3.8) is 0 Å². The molecule has 0 aliphatic heterocycles. The van der Waals surface area contributed by atoms with E-state index in [1.807, 2.05) is 6.92 Å². The van der Waals surface area contributed by atoms with Crippen molar-refractivity contribution in [3.8, 4) is 0 Å². The highest BCUT2D eigenvalue weighted by atomic mass is 16.5. The van der Waals surface area contributed by atoms with Crippen molar-refractivity contribution < 1.29 is 19.1 Å². The third-order valence-corrected chi connectivity index (χ3v) is 2.52. The molecular formula is C11H14O4. The van der Waals surface area contributed by atoms with Gasteiger partial charge in [0.2, 0.25) is 5.76 Å². The SMILES string of the molecule is CC(OCC1CC1)c1ccc(C(=O)O)o1. The maximum absolute atomic E-state index is 10.6. The Bertz CT molecular complexity index is 351. The molecule has 0 radical (unpaired) electrons. The Balaban J connectivity index is 1.91. The Morgan fingerprint density at radius 2 is 2.40 bits per heavy atom. The van der Waals surface area contributed by atoms with E-state index in [0.717, 1.165) is 6.61 Å². The molecule has 1 saturated carbocycles. The van der Waals surface area contributed by atoms with Gasteiger partial charge in [0, 0.05) is 0 Å².